The molecule has 2 aromatic carbocycles. The Hall–Kier alpha value is -3.00. The molecule has 0 aliphatic rings. The average molecular weight is 394 g/mol. The van der Waals surface area contributed by atoms with E-state index < -0.39 is 0 Å². The fourth-order valence-corrected chi connectivity index (χ4v) is 3.19. The molecule has 0 radical (unpaired) electrons. The number of nitriles is 1. The summed E-state index contributed by atoms with van der Waals surface area (Å²) in [7, 11) is 0. The van der Waals surface area contributed by atoms with Gasteiger partial charge in [0.1, 0.15) is 23.4 Å². The molecule has 0 unspecified atom stereocenters. The number of hydrogen-bond donors (Lipinski definition) is 1. The summed E-state index contributed by atoms with van der Waals surface area (Å²) in [5.41, 5.74) is 3.89. The van der Waals surface area contributed by atoms with Crippen molar-refractivity contribution in [2.24, 2.45) is 0 Å². The van der Waals surface area contributed by atoms with Gasteiger partial charge in [0.15, 0.2) is 0 Å². The number of fused-ring (bicyclic) bond motifs is 1. The van der Waals surface area contributed by atoms with Crippen molar-refractivity contribution in [1.82, 2.24) is 9.97 Å². The largest absolute Gasteiger partial charge is 0.457 e. The van der Waals surface area contributed by atoms with Crippen LogP contribution in [0.15, 0.2) is 52.9 Å². The van der Waals surface area contributed by atoms with Crippen LogP contribution in [-0.2, 0) is 0 Å². The summed E-state index contributed by atoms with van der Waals surface area (Å²) >= 11 is 12.3. The number of hydrogen-bond acceptors (Lipinski definition) is 3. The predicted molar refractivity (Wildman–Crippen MR) is 108 cm³/mol. The van der Waals surface area contributed by atoms with Gasteiger partial charge in [0.25, 0.3) is 0 Å². The first kappa shape index (κ1) is 17.4. The highest BCUT2D eigenvalue weighted by Crippen LogP contribution is 2.32. The molecular weight excluding hydrogens is 381 g/mol. The third-order valence-electron chi connectivity index (χ3n) is 4.12. The molecule has 0 amide bonds. The molecule has 2 aromatic heterocycles. The highest BCUT2D eigenvalue weighted by molar-refractivity contribution is 6.35. The summed E-state index contributed by atoms with van der Waals surface area (Å²) in [6, 6.07) is 16.8. The first-order valence-electron chi connectivity index (χ1n) is 8.17. The highest BCUT2D eigenvalue weighted by Gasteiger charge is 2.12. The number of aryl methyl sites for hydroxylation is 1. The number of nitrogens with zero attached hydrogens (tertiary/aromatic N) is 2. The second-order valence-electron chi connectivity index (χ2n) is 6.10. The average Bonchev–Trinajstić information content (AvgIpc) is 3.28. The topological polar surface area (TPSA) is 65.6 Å². The molecule has 0 bridgehead atoms. The summed E-state index contributed by atoms with van der Waals surface area (Å²) < 4.78 is 5.84. The van der Waals surface area contributed by atoms with E-state index in [1.54, 1.807) is 36.4 Å². The van der Waals surface area contributed by atoms with Crippen LogP contribution in [0.25, 0.3) is 34.0 Å². The van der Waals surface area contributed by atoms with E-state index in [1.165, 1.54) is 0 Å². The third-order valence-corrected chi connectivity index (χ3v) is 4.68. The lowest BCUT2D eigenvalue weighted by atomic mass is 10.2. The van der Waals surface area contributed by atoms with Gasteiger partial charge >= 0.3 is 0 Å². The standard InChI is InChI=1S/C21H13Cl2N3O/c1-12-2-6-18-19(8-12)26-21(25-18)13(11-24)9-15-4-7-20(27-15)16-10-14(22)3-5-17(16)23/h2-10H,1H3,(H,25,26)/b13-9-. The quantitative estimate of drug-likeness (QED) is 0.403. The number of furan rings is 1. The third kappa shape index (κ3) is 3.48. The lowest BCUT2D eigenvalue weighted by molar-refractivity contribution is 0.572. The molecule has 132 valence electrons. The van der Waals surface area contributed by atoms with Crippen molar-refractivity contribution in [3.05, 3.63) is 75.7 Å². The summed E-state index contributed by atoms with van der Waals surface area (Å²) in [5, 5.41) is 10.7. The molecule has 0 saturated carbocycles. The maximum absolute atomic E-state index is 9.57. The monoisotopic (exact) mass is 393 g/mol. The molecule has 2 heterocycles. The van der Waals surface area contributed by atoms with Crippen molar-refractivity contribution in [3.63, 3.8) is 0 Å². The zero-order valence-corrected chi connectivity index (χ0v) is 15.8. The number of benzene rings is 2. The van der Waals surface area contributed by atoms with Gasteiger partial charge in [-0.1, -0.05) is 29.3 Å². The maximum Gasteiger partial charge on any atom is 0.149 e. The van der Waals surface area contributed by atoms with E-state index in [4.69, 9.17) is 27.6 Å². The fraction of sp³-hybridized carbons (Fsp3) is 0.0476. The van der Waals surface area contributed by atoms with Gasteiger partial charge < -0.3 is 9.40 Å². The van der Waals surface area contributed by atoms with Gasteiger partial charge in [0.05, 0.1) is 21.6 Å². The van der Waals surface area contributed by atoms with Crippen molar-refractivity contribution < 1.29 is 4.42 Å². The molecular formula is C21H13Cl2N3O. The Morgan fingerprint density at radius 2 is 2.00 bits per heavy atom. The minimum atomic E-state index is 0.377. The van der Waals surface area contributed by atoms with Crippen LogP contribution in [0, 0.1) is 18.3 Å². The van der Waals surface area contributed by atoms with Gasteiger partial charge in [0.2, 0.25) is 0 Å². The number of H-pyrrole nitrogens is 1. The van der Waals surface area contributed by atoms with Crippen LogP contribution in [-0.4, -0.2) is 9.97 Å². The van der Waals surface area contributed by atoms with E-state index in [9.17, 15) is 5.26 Å². The molecule has 0 atom stereocenters. The van der Waals surface area contributed by atoms with E-state index in [-0.39, 0.29) is 0 Å². The summed E-state index contributed by atoms with van der Waals surface area (Å²) in [4.78, 5) is 7.67. The SMILES string of the molecule is Cc1ccc2nc(/C(C#N)=C\c3ccc(-c4cc(Cl)ccc4Cl)o3)[nH]c2c1. The van der Waals surface area contributed by atoms with E-state index >= 15 is 0 Å². The second kappa shape index (κ2) is 6.96. The smallest absolute Gasteiger partial charge is 0.149 e. The lowest BCUT2D eigenvalue weighted by Crippen LogP contribution is -1.84. The molecule has 0 aliphatic heterocycles. The molecule has 0 aliphatic carbocycles. The zero-order valence-electron chi connectivity index (χ0n) is 14.3. The van der Waals surface area contributed by atoms with Crippen LogP contribution in [0.3, 0.4) is 0 Å². The Labute approximate surface area is 165 Å². The van der Waals surface area contributed by atoms with Gasteiger partial charge in [-0.15, -0.1) is 0 Å². The number of allylic oxidation sites excluding steroid dienone is 1. The van der Waals surface area contributed by atoms with Crippen molar-refractivity contribution in [3.8, 4) is 17.4 Å². The Morgan fingerprint density at radius 3 is 2.81 bits per heavy atom. The summed E-state index contributed by atoms with van der Waals surface area (Å²) in [6.45, 7) is 2.01. The normalized spacial score (nSPS) is 11.7. The van der Waals surface area contributed by atoms with E-state index in [2.05, 4.69) is 16.0 Å². The van der Waals surface area contributed by atoms with Crippen LogP contribution < -0.4 is 0 Å². The van der Waals surface area contributed by atoms with E-state index in [1.807, 2.05) is 25.1 Å². The molecule has 1 N–H and O–H groups in total. The minimum Gasteiger partial charge on any atom is -0.457 e. The van der Waals surface area contributed by atoms with Crippen LogP contribution in [0.5, 0.6) is 0 Å². The molecule has 0 saturated heterocycles. The summed E-state index contributed by atoms with van der Waals surface area (Å²) in [5.74, 6) is 1.59. The molecule has 0 fully saturated rings. The van der Waals surface area contributed by atoms with Crippen LogP contribution in [0.2, 0.25) is 10.0 Å². The van der Waals surface area contributed by atoms with E-state index in [0.717, 1.165) is 16.6 Å². The number of rotatable bonds is 3. The van der Waals surface area contributed by atoms with Crippen molar-refractivity contribution in [2.45, 2.75) is 6.92 Å². The Morgan fingerprint density at radius 1 is 1.15 bits per heavy atom. The van der Waals surface area contributed by atoms with Gasteiger partial charge in [-0.25, -0.2) is 4.98 Å². The Balaban J connectivity index is 1.72. The van der Waals surface area contributed by atoms with Crippen molar-refractivity contribution in [2.75, 3.05) is 0 Å². The van der Waals surface area contributed by atoms with Gasteiger partial charge in [-0.3, -0.25) is 0 Å². The van der Waals surface area contributed by atoms with Crippen LogP contribution >= 0.6 is 23.2 Å². The number of aromatic amines is 1. The van der Waals surface area contributed by atoms with Crippen molar-refractivity contribution >= 4 is 45.9 Å². The van der Waals surface area contributed by atoms with E-state index in [0.29, 0.717) is 38.5 Å². The first-order chi connectivity index (χ1) is 13.0. The molecule has 4 aromatic rings. The number of nitrogens with one attached hydrogen (secondary N) is 1. The maximum atomic E-state index is 9.57. The van der Waals surface area contributed by atoms with Crippen LogP contribution in [0.1, 0.15) is 17.1 Å². The zero-order chi connectivity index (χ0) is 19.0. The number of imidazole rings is 1. The molecule has 27 heavy (non-hydrogen) atoms. The Bertz CT molecular complexity index is 1230. The second-order valence-corrected chi connectivity index (χ2v) is 6.95. The van der Waals surface area contributed by atoms with Gasteiger partial charge in [0, 0.05) is 16.7 Å². The molecule has 4 nitrogen and oxygen atoms in total. The molecule has 6 heteroatoms. The minimum absolute atomic E-state index is 0.377. The highest BCUT2D eigenvalue weighted by atomic mass is 35.5. The van der Waals surface area contributed by atoms with Crippen LogP contribution in [0.4, 0.5) is 0 Å². The molecule has 0 spiro atoms. The Kier molecular flexibility index (Phi) is 4.49. The summed E-state index contributed by atoms with van der Waals surface area (Å²) in [6.07, 6.45) is 1.65. The fourth-order valence-electron chi connectivity index (χ4n) is 2.81. The van der Waals surface area contributed by atoms with Crippen molar-refractivity contribution in [1.29, 1.82) is 5.26 Å². The van der Waals surface area contributed by atoms with Gasteiger partial charge in [-0.2, -0.15) is 5.26 Å². The lowest BCUT2D eigenvalue weighted by Gasteiger charge is -2.01. The predicted octanol–water partition coefficient (Wildman–Crippen LogP) is 6.50. The number of halogens is 2. The van der Waals surface area contributed by atoms with Gasteiger partial charge in [-0.05, 0) is 55.0 Å². The number of aromatic nitrogens is 2. The first-order valence-corrected chi connectivity index (χ1v) is 8.93. The molecule has 4 rings (SSSR count).